The van der Waals surface area contributed by atoms with Crippen LogP contribution in [0.4, 0.5) is 10.1 Å². The van der Waals surface area contributed by atoms with Gasteiger partial charge in [0.15, 0.2) is 0 Å². The summed E-state index contributed by atoms with van der Waals surface area (Å²) in [6.07, 6.45) is 2.00. The van der Waals surface area contributed by atoms with Crippen molar-refractivity contribution in [2.45, 2.75) is 46.2 Å². The number of carbonyl (C=O) groups is 2. The zero-order chi connectivity index (χ0) is 28.6. The molecule has 3 aromatic rings. The summed E-state index contributed by atoms with van der Waals surface area (Å²) in [7, 11) is -3.85. The summed E-state index contributed by atoms with van der Waals surface area (Å²) in [5.74, 6) is -1.30. The van der Waals surface area contributed by atoms with Crippen LogP contribution in [0.3, 0.4) is 0 Å². The molecule has 0 aliphatic carbocycles. The SMILES string of the molecule is CCCNC(=O)[C@H](Cc1ccccc1)N(Cc1ccc(F)cc1)C(=O)CN(c1cccc(C)c1C)S(C)(=O)=O. The quantitative estimate of drug-likeness (QED) is 0.361. The second-order valence-electron chi connectivity index (χ2n) is 9.63. The minimum Gasteiger partial charge on any atom is -0.354 e. The van der Waals surface area contributed by atoms with E-state index in [9.17, 15) is 22.4 Å². The van der Waals surface area contributed by atoms with E-state index < -0.39 is 34.3 Å². The molecule has 2 amide bonds. The maximum Gasteiger partial charge on any atom is 0.244 e. The van der Waals surface area contributed by atoms with Gasteiger partial charge in [-0.1, -0.05) is 61.5 Å². The van der Waals surface area contributed by atoms with E-state index in [1.165, 1.54) is 17.0 Å². The third kappa shape index (κ3) is 8.13. The summed E-state index contributed by atoms with van der Waals surface area (Å²) in [4.78, 5) is 28.9. The minimum atomic E-state index is -3.85. The van der Waals surface area contributed by atoms with E-state index in [0.29, 0.717) is 24.2 Å². The van der Waals surface area contributed by atoms with E-state index in [0.717, 1.165) is 27.3 Å². The Labute approximate surface area is 230 Å². The average Bonchev–Trinajstić information content (AvgIpc) is 2.90. The van der Waals surface area contributed by atoms with Gasteiger partial charge < -0.3 is 10.2 Å². The summed E-state index contributed by atoms with van der Waals surface area (Å²) in [5.41, 5.74) is 3.49. The molecule has 0 radical (unpaired) electrons. The van der Waals surface area contributed by atoms with Crippen molar-refractivity contribution < 1.29 is 22.4 Å². The molecule has 9 heteroatoms. The molecule has 0 aliphatic rings. The lowest BCUT2D eigenvalue weighted by atomic mass is 10.0. The molecule has 0 unspecified atom stereocenters. The van der Waals surface area contributed by atoms with Crippen molar-refractivity contribution in [2.24, 2.45) is 0 Å². The first-order chi connectivity index (χ1) is 18.5. The Kier molecular flexibility index (Phi) is 10.2. The molecular formula is C30H36FN3O4S. The lowest BCUT2D eigenvalue weighted by Crippen LogP contribution is -2.53. The van der Waals surface area contributed by atoms with Crippen LogP contribution in [-0.4, -0.2) is 50.5 Å². The predicted molar refractivity (Wildman–Crippen MR) is 152 cm³/mol. The number of halogens is 1. The molecule has 0 fully saturated rings. The number of carbonyl (C=O) groups excluding carboxylic acids is 2. The highest BCUT2D eigenvalue weighted by Crippen LogP contribution is 2.26. The molecule has 0 aliphatic heterocycles. The summed E-state index contributed by atoms with van der Waals surface area (Å²) in [6, 6.07) is 19.4. The largest absolute Gasteiger partial charge is 0.354 e. The van der Waals surface area contributed by atoms with Crippen LogP contribution < -0.4 is 9.62 Å². The minimum absolute atomic E-state index is 0.000556. The highest BCUT2D eigenvalue weighted by molar-refractivity contribution is 7.92. The molecule has 1 N–H and O–H groups in total. The number of sulfonamides is 1. The number of anilines is 1. The van der Waals surface area contributed by atoms with Crippen molar-refractivity contribution >= 4 is 27.5 Å². The lowest BCUT2D eigenvalue weighted by molar-refractivity contribution is -0.140. The molecule has 0 aromatic heterocycles. The van der Waals surface area contributed by atoms with E-state index in [1.54, 1.807) is 31.2 Å². The standard InChI is InChI=1S/C30H36FN3O4S/c1-5-18-32-30(36)28(19-24-11-7-6-8-12-24)33(20-25-14-16-26(31)17-15-25)29(35)21-34(39(4,37)38)27-13-9-10-22(2)23(27)3/h6-17,28H,5,18-21H2,1-4H3,(H,32,36)/t28-/m0/s1. The second kappa shape index (κ2) is 13.4. The maximum absolute atomic E-state index is 14.0. The summed E-state index contributed by atoms with van der Waals surface area (Å²) in [6.45, 7) is 5.55. The number of hydrogen-bond acceptors (Lipinski definition) is 4. The Hall–Kier alpha value is -3.72. The van der Waals surface area contributed by atoms with Crippen LogP contribution in [0.2, 0.25) is 0 Å². The van der Waals surface area contributed by atoms with Gasteiger partial charge in [0.1, 0.15) is 18.4 Å². The number of aryl methyl sites for hydroxylation is 1. The fourth-order valence-corrected chi connectivity index (χ4v) is 5.21. The normalized spacial score (nSPS) is 12.0. The zero-order valence-corrected chi connectivity index (χ0v) is 23.7. The summed E-state index contributed by atoms with van der Waals surface area (Å²) >= 11 is 0. The zero-order valence-electron chi connectivity index (χ0n) is 22.9. The van der Waals surface area contributed by atoms with Crippen LogP contribution >= 0.6 is 0 Å². The Morgan fingerprint density at radius 3 is 2.21 bits per heavy atom. The van der Waals surface area contributed by atoms with Crippen molar-refractivity contribution in [3.63, 3.8) is 0 Å². The van der Waals surface area contributed by atoms with Gasteiger partial charge in [0.2, 0.25) is 21.8 Å². The van der Waals surface area contributed by atoms with Crippen LogP contribution in [0.25, 0.3) is 0 Å². The van der Waals surface area contributed by atoms with Crippen molar-refractivity contribution in [1.82, 2.24) is 10.2 Å². The van der Waals surface area contributed by atoms with Gasteiger partial charge in [-0.15, -0.1) is 0 Å². The van der Waals surface area contributed by atoms with Gasteiger partial charge in [0.25, 0.3) is 0 Å². The Morgan fingerprint density at radius 2 is 1.59 bits per heavy atom. The van der Waals surface area contributed by atoms with Gasteiger partial charge in [0, 0.05) is 19.5 Å². The highest BCUT2D eigenvalue weighted by atomic mass is 32.2. The van der Waals surface area contributed by atoms with E-state index >= 15 is 0 Å². The molecule has 208 valence electrons. The number of benzene rings is 3. The molecule has 3 aromatic carbocycles. The van der Waals surface area contributed by atoms with Crippen molar-refractivity contribution in [2.75, 3.05) is 23.7 Å². The maximum atomic E-state index is 14.0. The predicted octanol–water partition coefficient (Wildman–Crippen LogP) is 4.37. The van der Waals surface area contributed by atoms with Crippen LogP contribution in [0, 0.1) is 19.7 Å². The third-order valence-corrected chi connectivity index (χ3v) is 7.74. The van der Waals surface area contributed by atoms with Crippen molar-refractivity contribution in [3.8, 4) is 0 Å². The van der Waals surface area contributed by atoms with Crippen LogP contribution in [0.5, 0.6) is 0 Å². The number of nitrogens with one attached hydrogen (secondary N) is 1. The summed E-state index contributed by atoms with van der Waals surface area (Å²) in [5, 5.41) is 2.89. The third-order valence-electron chi connectivity index (χ3n) is 6.61. The molecule has 0 saturated heterocycles. The van der Waals surface area contributed by atoms with Gasteiger partial charge in [-0.05, 0) is 60.7 Å². The van der Waals surface area contributed by atoms with Crippen LogP contribution in [0.1, 0.15) is 35.6 Å². The van der Waals surface area contributed by atoms with Gasteiger partial charge in [-0.25, -0.2) is 12.8 Å². The molecule has 0 spiro atoms. The first kappa shape index (κ1) is 29.8. The molecule has 3 rings (SSSR count). The van der Waals surface area contributed by atoms with Gasteiger partial charge in [0.05, 0.1) is 11.9 Å². The first-order valence-corrected chi connectivity index (χ1v) is 14.8. The van der Waals surface area contributed by atoms with E-state index in [-0.39, 0.29) is 18.9 Å². The van der Waals surface area contributed by atoms with Crippen LogP contribution in [-0.2, 0) is 32.6 Å². The number of nitrogens with zero attached hydrogens (tertiary/aromatic N) is 2. The molecule has 0 heterocycles. The average molecular weight is 554 g/mol. The van der Waals surface area contributed by atoms with E-state index in [4.69, 9.17) is 0 Å². The first-order valence-electron chi connectivity index (χ1n) is 12.9. The highest BCUT2D eigenvalue weighted by Gasteiger charge is 2.33. The van der Waals surface area contributed by atoms with Crippen molar-refractivity contribution in [1.29, 1.82) is 0 Å². The summed E-state index contributed by atoms with van der Waals surface area (Å²) < 4.78 is 40.6. The number of hydrogen-bond donors (Lipinski definition) is 1. The molecule has 0 saturated carbocycles. The molecule has 1 atom stereocenters. The van der Waals surface area contributed by atoms with Gasteiger partial charge >= 0.3 is 0 Å². The molecular weight excluding hydrogens is 517 g/mol. The monoisotopic (exact) mass is 553 g/mol. The fourth-order valence-electron chi connectivity index (χ4n) is 4.31. The Balaban J connectivity index is 2.06. The Morgan fingerprint density at radius 1 is 0.923 bits per heavy atom. The smallest absolute Gasteiger partial charge is 0.244 e. The molecule has 0 bridgehead atoms. The molecule has 39 heavy (non-hydrogen) atoms. The van der Waals surface area contributed by atoms with Crippen LogP contribution in [0.15, 0.2) is 72.8 Å². The van der Waals surface area contributed by atoms with E-state index in [2.05, 4.69) is 5.32 Å². The number of amides is 2. The second-order valence-corrected chi connectivity index (χ2v) is 11.5. The topological polar surface area (TPSA) is 86.8 Å². The molecule has 7 nitrogen and oxygen atoms in total. The van der Waals surface area contributed by atoms with E-state index in [1.807, 2.05) is 50.2 Å². The number of rotatable bonds is 12. The Bertz CT molecular complexity index is 1380. The fraction of sp³-hybridized carbons (Fsp3) is 0.333. The van der Waals surface area contributed by atoms with Gasteiger partial charge in [-0.2, -0.15) is 0 Å². The van der Waals surface area contributed by atoms with Crippen molar-refractivity contribution in [3.05, 3.63) is 101 Å². The van der Waals surface area contributed by atoms with Gasteiger partial charge in [-0.3, -0.25) is 13.9 Å². The lowest BCUT2D eigenvalue weighted by Gasteiger charge is -2.34.